The summed E-state index contributed by atoms with van der Waals surface area (Å²) in [7, 11) is 1.96. The van der Waals surface area contributed by atoms with Crippen LogP contribution in [-0.2, 0) is 7.05 Å². The first kappa shape index (κ1) is 13.1. The Labute approximate surface area is 122 Å². The van der Waals surface area contributed by atoms with Crippen LogP contribution in [0.5, 0.6) is 0 Å². The van der Waals surface area contributed by atoms with E-state index < -0.39 is 0 Å². The quantitative estimate of drug-likeness (QED) is 0.708. The minimum absolute atomic E-state index is 0.817. The van der Waals surface area contributed by atoms with Gasteiger partial charge in [0, 0.05) is 12.6 Å². The lowest BCUT2D eigenvalue weighted by Crippen LogP contribution is -1.98. The highest BCUT2D eigenvalue weighted by atomic mass is 32.1. The van der Waals surface area contributed by atoms with E-state index >= 15 is 0 Å². The van der Waals surface area contributed by atoms with Crippen LogP contribution in [-0.4, -0.2) is 14.8 Å². The van der Waals surface area contributed by atoms with Crippen molar-refractivity contribution in [1.82, 2.24) is 14.8 Å². The predicted molar refractivity (Wildman–Crippen MR) is 84.0 cm³/mol. The van der Waals surface area contributed by atoms with Gasteiger partial charge >= 0.3 is 0 Å². The van der Waals surface area contributed by atoms with Crippen LogP contribution in [0.4, 0.5) is 0 Å². The van der Waals surface area contributed by atoms with Gasteiger partial charge in [-0.2, -0.15) is 0 Å². The van der Waals surface area contributed by atoms with Gasteiger partial charge in [0.25, 0.3) is 0 Å². The van der Waals surface area contributed by atoms with Crippen LogP contribution in [0.2, 0.25) is 0 Å². The first-order chi connectivity index (χ1) is 9.58. The van der Waals surface area contributed by atoms with Crippen molar-refractivity contribution in [1.29, 1.82) is 0 Å². The zero-order valence-corrected chi connectivity index (χ0v) is 13.0. The predicted octanol–water partition coefficient (Wildman–Crippen LogP) is 4.14. The standard InChI is InChI=1S/C16H17N3S/c1-10-6-5-7-11(2)13(10)16-17-15(18-19(16)4)14-12(3)8-9-20-14/h5-9H,1-4H3. The zero-order chi connectivity index (χ0) is 14.3. The molecule has 3 rings (SSSR count). The molecule has 2 aromatic heterocycles. The third kappa shape index (κ3) is 2.06. The van der Waals surface area contributed by atoms with Crippen molar-refractivity contribution in [3.8, 4) is 22.1 Å². The minimum atomic E-state index is 0.817. The van der Waals surface area contributed by atoms with Gasteiger partial charge < -0.3 is 0 Å². The molecule has 0 atom stereocenters. The number of hydrogen-bond acceptors (Lipinski definition) is 3. The molecule has 0 radical (unpaired) electrons. The van der Waals surface area contributed by atoms with Crippen LogP contribution in [0.1, 0.15) is 16.7 Å². The van der Waals surface area contributed by atoms with E-state index in [9.17, 15) is 0 Å². The van der Waals surface area contributed by atoms with E-state index in [-0.39, 0.29) is 0 Å². The first-order valence-corrected chi connectivity index (χ1v) is 7.48. The van der Waals surface area contributed by atoms with E-state index in [1.165, 1.54) is 22.3 Å². The normalized spacial score (nSPS) is 11.0. The summed E-state index contributed by atoms with van der Waals surface area (Å²) in [5.74, 6) is 1.75. The van der Waals surface area contributed by atoms with Crippen molar-refractivity contribution >= 4 is 11.3 Å². The highest BCUT2D eigenvalue weighted by molar-refractivity contribution is 7.13. The van der Waals surface area contributed by atoms with Gasteiger partial charge in [0.05, 0.1) is 4.88 Å². The SMILES string of the molecule is Cc1ccsc1-c1nc(-c2c(C)cccc2C)n(C)n1. The lowest BCUT2D eigenvalue weighted by molar-refractivity contribution is 0.776. The number of rotatable bonds is 2. The van der Waals surface area contributed by atoms with Gasteiger partial charge in [-0.15, -0.1) is 16.4 Å². The van der Waals surface area contributed by atoms with Gasteiger partial charge in [-0.25, -0.2) is 9.67 Å². The van der Waals surface area contributed by atoms with E-state index in [4.69, 9.17) is 4.98 Å². The molecule has 0 N–H and O–H groups in total. The highest BCUT2D eigenvalue weighted by Crippen LogP contribution is 2.30. The molecular formula is C16H17N3S. The summed E-state index contributed by atoms with van der Waals surface area (Å²) in [6, 6.07) is 8.42. The van der Waals surface area contributed by atoms with Crippen LogP contribution in [0.25, 0.3) is 22.1 Å². The van der Waals surface area contributed by atoms with E-state index in [0.717, 1.165) is 16.5 Å². The van der Waals surface area contributed by atoms with Gasteiger partial charge in [-0.3, -0.25) is 0 Å². The second-order valence-corrected chi connectivity index (χ2v) is 6.00. The van der Waals surface area contributed by atoms with E-state index in [2.05, 4.69) is 55.5 Å². The second-order valence-electron chi connectivity index (χ2n) is 5.08. The maximum Gasteiger partial charge on any atom is 0.192 e. The van der Waals surface area contributed by atoms with Gasteiger partial charge in [0.1, 0.15) is 0 Å². The molecule has 3 nitrogen and oxygen atoms in total. The van der Waals surface area contributed by atoms with E-state index in [0.29, 0.717) is 0 Å². The molecule has 0 aliphatic carbocycles. The van der Waals surface area contributed by atoms with Crippen LogP contribution in [0.3, 0.4) is 0 Å². The van der Waals surface area contributed by atoms with E-state index in [1.54, 1.807) is 11.3 Å². The Morgan fingerprint density at radius 1 is 1.00 bits per heavy atom. The minimum Gasteiger partial charge on any atom is -0.248 e. The molecule has 0 spiro atoms. The molecule has 20 heavy (non-hydrogen) atoms. The summed E-state index contributed by atoms with van der Waals surface area (Å²) in [5, 5.41) is 6.67. The molecule has 0 aliphatic rings. The summed E-state index contributed by atoms with van der Waals surface area (Å²) in [6.07, 6.45) is 0. The molecule has 0 bridgehead atoms. The molecular weight excluding hydrogens is 266 g/mol. The van der Waals surface area contributed by atoms with Crippen LogP contribution < -0.4 is 0 Å². The van der Waals surface area contributed by atoms with Crippen molar-refractivity contribution in [3.63, 3.8) is 0 Å². The Balaban J connectivity index is 2.17. The lowest BCUT2D eigenvalue weighted by atomic mass is 10.0. The summed E-state index contributed by atoms with van der Waals surface area (Å²) in [5.41, 5.74) is 4.88. The van der Waals surface area contributed by atoms with Crippen molar-refractivity contribution in [2.45, 2.75) is 20.8 Å². The molecule has 102 valence electrons. The Morgan fingerprint density at radius 2 is 1.70 bits per heavy atom. The third-order valence-corrected chi connectivity index (χ3v) is 4.55. The highest BCUT2D eigenvalue weighted by Gasteiger charge is 2.16. The van der Waals surface area contributed by atoms with Crippen molar-refractivity contribution in [2.75, 3.05) is 0 Å². The molecule has 0 fully saturated rings. The average Bonchev–Trinajstić information content (AvgIpc) is 2.96. The molecule has 2 heterocycles. The molecule has 0 amide bonds. The average molecular weight is 283 g/mol. The Kier molecular flexibility index (Phi) is 3.18. The summed E-state index contributed by atoms with van der Waals surface area (Å²) >= 11 is 1.69. The van der Waals surface area contributed by atoms with Gasteiger partial charge in [-0.05, 0) is 48.9 Å². The molecule has 0 saturated carbocycles. The topological polar surface area (TPSA) is 30.7 Å². The fourth-order valence-electron chi connectivity index (χ4n) is 2.47. The Morgan fingerprint density at radius 3 is 2.30 bits per heavy atom. The van der Waals surface area contributed by atoms with Crippen molar-refractivity contribution in [3.05, 3.63) is 46.3 Å². The maximum atomic E-state index is 4.77. The van der Waals surface area contributed by atoms with Crippen LogP contribution >= 0.6 is 11.3 Å². The number of aryl methyl sites for hydroxylation is 4. The fraction of sp³-hybridized carbons (Fsp3) is 0.250. The van der Waals surface area contributed by atoms with Crippen molar-refractivity contribution in [2.24, 2.45) is 7.05 Å². The number of aromatic nitrogens is 3. The Bertz CT molecular complexity index is 748. The second kappa shape index (κ2) is 4.87. The van der Waals surface area contributed by atoms with Crippen LogP contribution in [0, 0.1) is 20.8 Å². The molecule has 1 aromatic carbocycles. The lowest BCUT2D eigenvalue weighted by Gasteiger charge is -2.07. The maximum absolute atomic E-state index is 4.77. The summed E-state index contributed by atoms with van der Waals surface area (Å²) in [6.45, 7) is 6.33. The Hall–Kier alpha value is -1.94. The van der Waals surface area contributed by atoms with E-state index in [1.807, 2.05) is 11.7 Å². The van der Waals surface area contributed by atoms with Crippen molar-refractivity contribution < 1.29 is 0 Å². The van der Waals surface area contributed by atoms with Crippen LogP contribution in [0.15, 0.2) is 29.6 Å². The molecule has 3 aromatic rings. The monoisotopic (exact) mass is 283 g/mol. The number of thiophene rings is 1. The number of hydrogen-bond donors (Lipinski definition) is 0. The molecule has 0 saturated heterocycles. The van der Waals surface area contributed by atoms with Gasteiger partial charge in [-0.1, -0.05) is 18.2 Å². The number of nitrogens with zero attached hydrogens (tertiary/aromatic N) is 3. The molecule has 0 unspecified atom stereocenters. The first-order valence-electron chi connectivity index (χ1n) is 6.60. The molecule has 0 aliphatic heterocycles. The zero-order valence-electron chi connectivity index (χ0n) is 12.1. The van der Waals surface area contributed by atoms with Gasteiger partial charge in [0.2, 0.25) is 0 Å². The third-order valence-electron chi connectivity index (χ3n) is 3.53. The smallest absolute Gasteiger partial charge is 0.192 e. The fourth-order valence-corrected chi connectivity index (χ4v) is 3.32. The van der Waals surface area contributed by atoms with Gasteiger partial charge in [0.15, 0.2) is 11.6 Å². The number of benzene rings is 1. The summed E-state index contributed by atoms with van der Waals surface area (Å²) < 4.78 is 1.88. The molecule has 4 heteroatoms. The summed E-state index contributed by atoms with van der Waals surface area (Å²) in [4.78, 5) is 5.92. The largest absolute Gasteiger partial charge is 0.248 e.